The molecule has 0 bridgehead atoms. The SMILES string of the molecule is O=C(Nc1ncn[nH]1)c1cc(Cl)c2c(c1)OCCCO2. The summed E-state index contributed by atoms with van der Waals surface area (Å²) >= 11 is 6.13. The number of aromatic amines is 1. The first-order chi connectivity index (χ1) is 9.74. The number of nitrogens with one attached hydrogen (secondary N) is 2. The number of rotatable bonds is 2. The van der Waals surface area contributed by atoms with E-state index in [1.165, 1.54) is 12.4 Å². The molecule has 0 radical (unpaired) electrons. The fourth-order valence-corrected chi connectivity index (χ4v) is 2.07. The predicted molar refractivity (Wildman–Crippen MR) is 71.4 cm³/mol. The average Bonchev–Trinajstić information content (AvgIpc) is 2.81. The molecule has 0 atom stereocenters. The number of fused-ring (bicyclic) bond motifs is 1. The minimum Gasteiger partial charge on any atom is -0.489 e. The summed E-state index contributed by atoms with van der Waals surface area (Å²) in [6.45, 7) is 1.06. The molecule has 7 nitrogen and oxygen atoms in total. The van der Waals surface area contributed by atoms with Gasteiger partial charge in [-0.2, -0.15) is 10.1 Å². The van der Waals surface area contributed by atoms with E-state index in [1.807, 2.05) is 0 Å². The second-order valence-corrected chi connectivity index (χ2v) is 4.53. The Morgan fingerprint density at radius 3 is 3.00 bits per heavy atom. The van der Waals surface area contributed by atoms with Gasteiger partial charge in [0.1, 0.15) is 6.33 Å². The van der Waals surface area contributed by atoms with Crippen molar-refractivity contribution >= 4 is 23.5 Å². The van der Waals surface area contributed by atoms with Crippen LogP contribution in [0.5, 0.6) is 11.5 Å². The Morgan fingerprint density at radius 2 is 2.20 bits per heavy atom. The van der Waals surface area contributed by atoms with Crippen LogP contribution in [0.15, 0.2) is 18.5 Å². The van der Waals surface area contributed by atoms with Crippen molar-refractivity contribution in [2.75, 3.05) is 18.5 Å². The fourth-order valence-electron chi connectivity index (χ4n) is 1.81. The van der Waals surface area contributed by atoms with E-state index in [0.29, 0.717) is 35.3 Å². The number of ether oxygens (including phenoxy) is 2. The molecule has 0 saturated carbocycles. The van der Waals surface area contributed by atoms with E-state index in [-0.39, 0.29) is 11.9 Å². The first kappa shape index (κ1) is 12.7. The highest BCUT2D eigenvalue weighted by Crippen LogP contribution is 2.38. The smallest absolute Gasteiger partial charge is 0.258 e. The van der Waals surface area contributed by atoms with Crippen molar-refractivity contribution in [3.63, 3.8) is 0 Å². The van der Waals surface area contributed by atoms with Gasteiger partial charge in [-0.25, -0.2) is 5.10 Å². The van der Waals surface area contributed by atoms with Crippen LogP contribution in [0.1, 0.15) is 16.8 Å². The summed E-state index contributed by atoms with van der Waals surface area (Å²) in [4.78, 5) is 15.9. The third-order valence-electron chi connectivity index (χ3n) is 2.71. The Kier molecular flexibility index (Phi) is 3.42. The van der Waals surface area contributed by atoms with Gasteiger partial charge in [0.15, 0.2) is 11.5 Å². The number of halogens is 1. The highest BCUT2D eigenvalue weighted by molar-refractivity contribution is 6.32. The number of carbonyl (C=O) groups excluding carboxylic acids is 1. The molecule has 2 N–H and O–H groups in total. The number of aromatic nitrogens is 3. The summed E-state index contributed by atoms with van der Waals surface area (Å²) < 4.78 is 11.0. The van der Waals surface area contributed by atoms with Crippen LogP contribution in [0.4, 0.5) is 5.95 Å². The van der Waals surface area contributed by atoms with Crippen LogP contribution in [-0.2, 0) is 0 Å². The molecule has 0 spiro atoms. The highest BCUT2D eigenvalue weighted by Gasteiger charge is 2.18. The van der Waals surface area contributed by atoms with Gasteiger partial charge in [0.05, 0.1) is 18.2 Å². The summed E-state index contributed by atoms with van der Waals surface area (Å²) in [5.74, 6) is 0.843. The van der Waals surface area contributed by atoms with Gasteiger partial charge in [0.25, 0.3) is 5.91 Å². The maximum Gasteiger partial charge on any atom is 0.258 e. The molecule has 1 aliphatic heterocycles. The van der Waals surface area contributed by atoms with Crippen LogP contribution in [0, 0.1) is 0 Å². The van der Waals surface area contributed by atoms with Crippen molar-refractivity contribution in [1.82, 2.24) is 15.2 Å². The van der Waals surface area contributed by atoms with Gasteiger partial charge in [0, 0.05) is 12.0 Å². The maximum atomic E-state index is 12.1. The Bertz CT molecular complexity index is 630. The van der Waals surface area contributed by atoms with Gasteiger partial charge in [0.2, 0.25) is 5.95 Å². The number of amides is 1. The molecule has 0 fully saturated rings. The minimum atomic E-state index is -0.362. The zero-order chi connectivity index (χ0) is 13.9. The Labute approximate surface area is 119 Å². The van der Waals surface area contributed by atoms with E-state index >= 15 is 0 Å². The van der Waals surface area contributed by atoms with E-state index in [4.69, 9.17) is 21.1 Å². The minimum absolute atomic E-state index is 0.262. The van der Waals surface area contributed by atoms with Gasteiger partial charge in [-0.15, -0.1) is 0 Å². The van der Waals surface area contributed by atoms with Crippen LogP contribution in [0.2, 0.25) is 5.02 Å². The molecule has 1 amide bonds. The summed E-state index contributed by atoms with van der Waals surface area (Å²) in [6.07, 6.45) is 2.07. The van der Waals surface area contributed by atoms with Crippen LogP contribution < -0.4 is 14.8 Å². The summed E-state index contributed by atoms with van der Waals surface area (Å²) in [5, 5.41) is 9.09. The number of anilines is 1. The molecule has 8 heteroatoms. The van der Waals surface area contributed by atoms with Gasteiger partial charge in [-0.1, -0.05) is 11.6 Å². The van der Waals surface area contributed by atoms with E-state index in [9.17, 15) is 4.79 Å². The van der Waals surface area contributed by atoms with E-state index in [1.54, 1.807) is 6.07 Å². The molecule has 0 unspecified atom stereocenters. The van der Waals surface area contributed by atoms with Gasteiger partial charge in [-0.3, -0.25) is 10.1 Å². The van der Waals surface area contributed by atoms with Crippen molar-refractivity contribution < 1.29 is 14.3 Å². The molecule has 1 aromatic carbocycles. The van der Waals surface area contributed by atoms with Crippen molar-refractivity contribution in [2.45, 2.75) is 6.42 Å². The average molecular weight is 295 g/mol. The van der Waals surface area contributed by atoms with Gasteiger partial charge in [-0.05, 0) is 12.1 Å². The highest BCUT2D eigenvalue weighted by atomic mass is 35.5. The van der Waals surface area contributed by atoms with Crippen LogP contribution in [-0.4, -0.2) is 34.3 Å². The summed E-state index contributed by atoms with van der Waals surface area (Å²) in [7, 11) is 0. The standard InChI is InChI=1S/C12H11ClN4O3/c13-8-4-7(11(18)16-12-14-6-15-17-12)5-9-10(8)20-3-1-2-19-9/h4-6H,1-3H2,(H2,14,15,16,17,18). The second kappa shape index (κ2) is 5.38. The van der Waals surface area contributed by atoms with Crippen molar-refractivity contribution in [3.8, 4) is 11.5 Å². The lowest BCUT2D eigenvalue weighted by molar-refractivity contribution is 0.102. The molecule has 1 aliphatic rings. The van der Waals surface area contributed by atoms with Crippen LogP contribution in [0.3, 0.4) is 0 Å². The molecule has 0 aliphatic carbocycles. The van der Waals surface area contributed by atoms with Crippen molar-refractivity contribution in [1.29, 1.82) is 0 Å². The van der Waals surface area contributed by atoms with Gasteiger partial charge < -0.3 is 9.47 Å². The third-order valence-corrected chi connectivity index (χ3v) is 2.99. The number of benzene rings is 1. The zero-order valence-electron chi connectivity index (χ0n) is 10.4. The van der Waals surface area contributed by atoms with E-state index in [0.717, 1.165) is 6.42 Å². The summed E-state index contributed by atoms with van der Waals surface area (Å²) in [6, 6.07) is 3.12. The largest absolute Gasteiger partial charge is 0.489 e. The molecule has 0 saturated heterocycles. The first-order valence-corrected chi connectivity index (χ1v) is 6.37. The van der Waals surface area contributed by atoms with Crippen molar-refractivity contribution in [3.05, 3.63) is 29.0 Å². The molecule has 104 valence electrons. The van der Waals surface area contributed by atoms with Crippen molar-refractivity contribution in [2.24, 2.45) is 0 Å². The normalized spacial score (nSPS) is 13.7. The molecular weight excluding hydrogens is 284 g/mol. The Balaban J connectivity index is 1.88. The monoisotopic (exact) mass is 294 g/mol. The number of hydrogen-bond donors (Lipinski definition) is 2. The lowest BCUT2D eigenvalue weighted by Gasteiger charge is -2.11. The number of H-pyrrole nitrogens is 1. The topological polar surface area (TPSA) is 89.1 Å². The molecule has 1 aromatic heterocycles. The Hall–Kier alpha value is -2.28. The third kappa shape index (κ3) is 2.53. The second-order valence-electron chi connectivity index (χ2n) is 4.12. The van der Waals surface area contributed by atoms with Crippen LogP contribution in [0.25, 0.3) is 0 Å². The lowest BCUT2D eigenvalue weighted by Crippen LogP contribution is -2.13. The zero-order valence-corrected chi connectivity index (χ0v) is 11.1. The quantitative estimate of drug-likeness (QED) is 0.882. The molecular formula is C12H11ClN4O3. The first-order valence-electron chi connectivity index (χ1n) is 6.00. The molecule has 3 rings (SSSR count). The maximum absolute atomic E-state index is 12.1. The summed E-state index contributed by atoms with van der Waals surface area (Å²) in [5.41, 5.74) is 0.357. The predicted octanol–water partition coefficient (Wildman–Crippen LogP) is 1.87. The molecule has 2 heterocycles. The number of nitrogens with zero attached hydrogens (tertiary/aromatic N) is 2. The molecule has 2 aromatic rings. The van der Waals surface area contributed by atoms with E-state index < -0.39 is 0 Å². The fraction of sp³-hybridized carbons (Fsp3) is 0.250. The Morgan fingerprint density at radius 1 is 1.35 bits per heavy atom. The van der Waals surface area contributed by atoms with E-state index in [2.05, 4.69) is 20.5 Å². The lowest BCUT2D eigenvalue weighted by atomic mass is 10.2. The number of carbonyl (C=O) groups is 1. The van der Waals surface area contributed by atoms with Crippen LogP contribution >= 0.6 is 11.6 Å². The van der Waals surface area contributed by atoms with Gasteiger partial charge >= 0.3 is 0 Å². The number of hydrogen-bond acceptors (Lipinski definition) is 5. The molecule has 20 heavy (non-hydrogen) atoms.